The SMILES string of the molecule is CC1(C(=O)c2ccccc2F)CCCNC1. The van der Waals surface area contributed by atoms with Crippen LogP contribution in [0.1, 0.15) is 30.1 Å². The van der Waals surface area contributed by atoms with E-state index in [4.69, 9.17) is 0 Å². The predicted octanol–water partition coefficient (Wildman–Crippen LogP) is 2.40. The summed E-state index contributed by atoms with van der Waals surface area (Å²) in [6, 6.07) is 6.22. The second kappa shape index (κ2) is 4.34. The molecule has 1 heterocycles. The van der Waals surface area contributed by atoms with E-state index in [0.29, 0.717) is 6.54 Å². The molecule has 0 spiro atoms. The van der Waals surface area contributed by atoms with Crippen LogP contribution >= 0.6 is 0 Å². The Labute approximate surface area is 94.9 Å². The molecule has 1 N–H and O–H groups in total. The minimum absolute atomic E-state index is 0.0854. The lowest BCUT2D eigenvalue weighted by atomic mass is 9.76. The summed E-state index contributed by atoms with van der Waals surface area (Å²) in [5.74, 6) is -0.503. The summed E-state index contributed by atoms with van der Waals surface area (Å²) < 4.78 is 13.5. The van der Waals surface area contributed by atoms with Crippen LogP contribution in [0.3, 0.4) is 0 Å². The number of carbonyl (C=O) groups excluding carboxylic acids is 1. The second-order valence-electron chi connectivity index (χ2n) is 4.65. The van der Waals surface area contributed by atoms with Crippen molar-refractivity contribution in [1.82, 2.24) is 5.32 Å². The Balaban J connectivity index is 2.28. The van der Waals surface area contributed by atoms with Crippen LogP contribution in [0.25, 0.3) is 0 Å². The Morgan fingerprint density at radius 3 is 2.81 bits per heavy atom. The van der Waals surface area contributed by atoms with Crippen LogP contribution in [0, 0.1) is 11.2 Å². The summed E-state index contributed by atoms with van der Waals surface area (Å²) in [7, 11) is 0. The molecule has 3 heteroatoms. The highest BCUT2D eigenvalue weighted by atomic mass is 19.1. The van der Waals surface area contributed by atoms with Crippen molar-refractivity contribution in [3.05, 3.63) is 35.6 Å². The average Bonchev–Trinajstić information content (AvgIpc) is 2.30. The molecule has 16 heavy (non-hydrogen) atoms. The first-order valence-corrected chi connectivity index (χ1v) is 5.63. The molecular weight excluding hydrogens is 205 g/mol. The van der Waals surface area contributed by atoms with Gasteiger partial charge in [0.15, 0.2) is 5.78 Å². The number of hydrogen-bond acceptors (Lipinski definition) is 2. The van der Waals surface area contributed by atoms with Gasteiger partial charge in [0.05, 0.1) is 5.56 Å². The zero-order valence-corrected chi connectivity index (χ0v) is 9.42. The standard InChI is InChI=1S/C13H16FNO/c1-13(7-4-8-15-9-13)12(16)10-5-2-3-6-11(10)14/h2-3,5-6,15H,4,7-9H2,1H3. The van der Waals surface area contributed by atoms with Crippen molar-refractivity contribution in [2.45, 2.75) is 19.8 Å². The highest BCUT2D eigenvalue weighted by Crippen LogP contribution is 2.30. The van der Waals surface area contributed by atoms with Crippen molar-refractivity contribution in [3.8, 4) is 0 Å². The highest BCUT2D eigenvalue weighted by Gasteiger charge is 2.36. The number of carbonyl (C=O) groups is 1. The summed E-state index contributed by atoms with van der Waals surface area (Å²) in [5, 5.41) is 3.20. The number of benzene rings is 1. The minimum atomic E-state index is -0.458. The molecule has 1 aromatic rings. The first-order chi connectivity index (χ1) is 7.63. The molecule has 1 aliphatic heterocycles. The molecule has 1 aromatic carbocycles. The summed E-state index contributed by atoms with van der Waals surface area (Å²) >= 11 is 0. The van der Waals surface area contributed by atoms with E-state index < -0.39 is 11.2 Å². The molecule has 0 amide bonds. The molecule has 1 aliphatic rings. The van der Waals surface area contributed by atoms with Gasteiger partial charge in [0.2, 0.25) is 0 Å². The van der Waals surface area contributed by atoms with E-state index in [1.165, 1.54) is 6.07 Å². The van der Waals surface area contributed by atoms with Crippen LogP contribution in [0.5, 0.6) is 0 Å². The van der Waals surface area contributed by atoms with Gasteiger partial charge in [0.1, 0.15) is 5.82 Å². The number of piperidine rings is 1. The molecule has 0 aromatic heterocycles. The normalized spacial score (nSPS) is 25.4. The van der Waals surface area contributed by atoms with Crippen LogP contribution in [0.2, 0.25) is 0 Å². The molecule has 2 rings (SSSR count). The Bertz CT molecular complexity index is 397. The predicted molar refractivity (Wildman–Crippen MR) is 60.9 cm³/mol. The van der Waals surface area contributed by atoms with Gasteiger partial charge in [-0.15, -0.1) is 0 Å². The zero-order chi connectivity index (χ0) is 11.6. The number of nitrogens with one attached hydrogen (secondary N) is 1. The molecular formula is C13H16FNO. The van der Waals surface area contributed by atoms with Gasteiger partial charge in [0, 0.05) is 12.0 Å². The van der Waals surface area contributed by atoms with Crippen molar-refractivity contribution < 1.29 is 9.18 Å². The van der Waals surface area contributed by atoms with Gasteiger partial charge in [-0.2, -0.15) is 0 Å². The van der Waals surface area contributed by atoms with E-state index in [0.717, 1.165) is 19.4 Å². The molecule has 2 nitrogen and oxygen atoms in total. The quantitative estimate of drug-likeness (QED) is 0.777. The van der Waals surface area contributed by atoms with Gasteiger partial charge in [-0.25, -0.2) is 4.39 Å². The molecule has 1 saturated heterocycles. The van der Waals surface area contributed by atoms with Gasteiger partial charge < -0.3 is 5.32 Å². The molecule has 1 atom stereocenters. The van der Waals surface area contributed by atoms with E-state index >= 15 is 0 Å². The smallest absolute Gasteiger partial charge is 0.172 e. The van der Waals surface area contributed by atoms with Crippen LogP contribution in [-0.2, 0) is 0 Å². The van der Waals surface area contributed by atoms with Crippen LogP contribution in [0.4, 0.5) is 4.39 Å². The van der Waals surface area contributed by atoms with E-state index in [1.54, 1.807) is 18.2 Å². The second-order valence-corrected chi connectivity index (χ2v) is 4.65. The van der Waals surface area contributed by atoms with Gasteiger partial charge in [0.25, 0.3) is 0 Å². The monoisotopic (exact) mass is 221 g/mol. The van der Waals surface area contributed by atoms with Gasteiger partial charge >= 0.3 is 0 Å². The summed E-state index contributed by atoms with van der Waals surface area (Å²) in [5.41, 5.74) is -0.242. The van der Waals surface area contributed by atoms with Gasteiger partial charge in [-0.05, 0) is 31.5 Å². The Hall–Kier alpha value is -1.22. The molecule has 1 fully saturated rings. The number of rotatable bonds is 2. The number of Topliss-reactive ketones (excluding diaryl/α,β-unsaturated/α-hetero) is 1. The lowest BCUT2D eigenvalue weighted by Gasteiger charge is -2.32. The maximum Gasteiger partial charge on any atom is 0.172 e. The largest absolute Gasteiger partial charge is 0.316 e. The lowest BCUT2D eigenvalue weighted by Crippen LogP contribution is -2.43. The zero-order valence-electron chi connectivity index (χ0n) is 9.42. The van der Waals surface area contributed by atoms with Crippen molar-refractivity contribution in [1.29, 1.82) is 0 Å². The Morgan fingerprint density at radius 1 is 1.44 bits per heavy atom. The van der Waals surface area contributed by atoms with Crippen molar-refractivity contribution in [2.24, 2.45) is 5.41 Å². The van der Waals surface area contributed by atoms with Crippen LogP contribution in [-0.4, -0.2) is 18.9 Å². The topological polar surface area (TPSA) is 29.1 Å². The Kier molecular flexibility index (Phi) is 3.06. The van der Waals surface area contributed by atoms with Gasteiger partial charge in [-0.3, -0.25) is 4.79 Å². The molecule has 0 bridgehead atoms. The maximum atomic E-state index is 13.5. The van der Waals surface area contributed by atoms with Crippen molar-refractivity contribution >= 4 is 5.78 Å². The number of ketones is 1. The fourth-order valence-corrected chi connectivity index (χ4v) is 2.22. The molecule has 86 valence electrons. The third-order valence-electron chi connectivity index (χ3n) is 3.26. The van der Waals surface area contributed by atoms with Gasteiger partial charge in [-0.1, -0.05) is 19.1 Å². The molecule has 0 aliphatic carbocycles. The van der Waals surface area contributed by atoms with E-state index in [2.05, 4.69) is 5.32 Å². The van der Waals surface area contributed by atoms with Crippen LogP contribution in [0.15, 0.2) is 24.3 Å². The fraction of sp³-hybridized carbons (Fsp3) is 0.462. The first kappa shape index (κ1) is 11.3. The molecule has 1 unspecified atom stereocenters. The number of hydrogen-bond donors (Lipinski definition) is 1. The van der Waals surface area contributed by atoms with Crippen LogP contribution < -0.4 is 5.32 Å². The summed E-state index contributed by atoms with van der Waals surface area (Å²) in [6.45, 7) is 3.49. The highest BCUT2D eigenvalue weighted by molar-refractivity contribution is 6.00. The van der Waals surface area contributed by atoms with Crippen molar-refractivity contribution in [2.75, 3.05) is 13.1 Å². The van der Waals surface area contributed by atoms with E-state index in [1.807, 2.05) is 6.92 Å². The van der Waals surface area contributed by atoms with E-state index in [9.17, 15) is 9.18 Å². The number of halogens is 1. The van der Waals surface area contributed by atoms with E-state index in [-0.39, 0.29) is 11.3 Å². The maximum absolute atomic E-state index is 13.5. The fourth-order valence-electron chi connectivity index (χ4n) is 2.22. The molecule has 0 radical (unpaired) electrons. The third-order valence-corrected chi connectivity index (χ3v) is 3.26. The summed E-state index contributed by atoms with van der Waals surface area (Å²) in [4.78, 5) is 12.3. The summed E-state index contributed by atoms with van der Waals surface area (Å²) in [6.07, 6.45) is 1.80. The Morgan fingerprint density at radius 2 is 2.19 bits per heavy atom. The first-order valence-electron chi connectivity index (χ1n) is 5.63. The average molecular weight is 221 g/mol. The lowest BCUT2D eigenvalue weighted by molar-refractivity contribution is 0.0768. The van der Waals surface area contributed by atoms with Crippen molar-refractivity contribution in [3.63, 3.8) is 0 Å². The molecule has 0 saturated carbocycles. The third kappa shape index (κ3) is 2.00. The minimum Gasteiger partial charge on any atom is -0.316 e.